The minimum absolute atomic E-state index is 0.0214. The number of methoxy groups -OCH3 is 1. The van der Waals surface area contributed by atoms with Crippen LogP contribution in [0, 0.1) is 0 Å². The van der Waals surface area contributed by atoms with E-state index in [4.69, 9.17) is 13.9 Å². The second-order valence-electron chi connectivity index (χ2n) is 9.02. The first-order valence-corrected chi connectivity index (χ1v) is 13.3. The van der Waals surface area contributed by atoms with Gasteiger partial charge in [0.2, 0.25) is 0 Å². The first-order chi connectivity index (χ1) is 19.5. The summed E-state index contributed by atoms with van der Waals surface area (Å²) in [5.74, 6) is 1.33. The Morgan fingerprint density at radius 2 is 1.55 bits per heavy atom. The Morgan fingerprint density at radius 3 is 2.30 bits per heavy atom. The predicted octanol–water partition coefficient (Wildman–Crippen LogP) is 6.81. The molecular formula is C32H23NO6S. The second kappa shape index (κ2) is 10.7. The van der Waals surface area contributed by atoms with Gasteiger partial charge in [-0.3, -0.25) is 4.79 Å². The summed E-state index contributed by atoms with van der Waals surface area (Å²) < 4.78 is 18.6. The van der Waals surface area contributed by atoms with Crippen molar-refractivity contribution in [2.24, 2.45) is 0 Å². The van der Waals surface area contributed by atoms with E-state index >= 15 is 0 Å². The van der Waals surface area contributed by atoms with Gasteiger partial charge in [-0.25, -0.2) is 4.79 Å². The lowest BCUT2D eigenvalue weighted by atomic mass is 10.1. The summed E-state index contributed by atoms with van der Waals surface area (Å²) in [5.41, 5.74) is 0.182. The van der Waals surface area contributed by atoms with Crippen molar-refractivity contribution >= 4 is 33.6 Å². The maximum absolute atomic E-state index is 14.0. The molecule has 0 aliphatic heterocycles. The van der Waals surface area contributed by atoms with Crippen LogP contribution in [0.3, 0.4) is 0 Å². The fraction of sp³-hybridized carbons (Fsp3) is 0.0625. The summed E-state index contributed by atoms with van der Waals surface area (Å²) >= 11 is 1.01. The van der Waals surface area contributed by atoms with Crippen LogP contribution in [0.15, 0.2) is 127 Å². The highest BCUT2D eigenvalue weighted by molar-refractivity contribution is 7.99. The lowest BCUT2D eigenvalue weighted by molar-refractivity contribution is 0.413. The average molecular weight is 550 g/mol. The highest BCUT2D eigenvalue weighted by Gasteiger charge is 2.23. The number of para-hydroxylation sites is 1. The summed E-state index contributed by atoms with van der Waals surface area (Å²) in [7, 11) is 1.54. The third-order valence-corrected chi connectivity index (χ3v) is 7.50. The zero-order valence-electron chi connectivity index (χ0n) is 21.4. The summed E-state index contributed by atoms with van der Waals surface area (Å²) in [6.07, 6.45) is 0. The highest BCUT2D eigenvalue weighted by Crippen LogP contribution is 2.38. The monoisotopic (exact) mass is 549 g/mol. The molecule has 0 fully saturated rings. The third kappa shape index (κ3) is 4.81. The summed E-state index contributed by atoms with van der Waals surface area (Å²) in [5, 5.41) is 11.8. The standard InChI is InChI=1S/C32H23NO6S/c1-37-22-13-8-14-24(17-22)40-30-28(34)27-29(39-32(30)36)25-16-15-23(38-21-11-6-3-7-12-21)18-26(25)33(31(27)35)19-20-9-4-2-5-10-20/h2-18,34H,19H2,1H3. The fourth-order valence-corrected chi connectivity index (χ4v) is 5.43. The predicted molar refractivity (Wildman–Crippen MR) is 155 cm³/mol. The molecule has 0 atom stereocenters. The topological polar surface area (TPSA) is 90.9 Å². The SMILES string of the molecule is COc1cccc(Sc2c(O)c3c(=O)n(Cc4ccccc4)c4cc(Oc5ccccc5)ccc4c3oc2=O)c1. The number of ether oxygens (including phenoxy) is 2. The van der Waals surface area contributed by atoms with Crippen molar-refractivity contribution in [1.82, 2.24) is 4.57 Å². The zero-order valence-corrected chi connectivity index (χ0v) is 22.2. The van der Waals surface area contributed by atoms with Crippen molar-refractivity contribution < 1.29 is 19.0 Å². The minimum atomic E-state index is -0.746. The quantitative estimate of drug-likeness (QED) is 0.219. The lowest BCUT2D eigenvalue weighted by Gasteiger charge is -2.15. The van der Waals surface area contributed by atoms with Crippen LogP contribution in [0.1, 0.15) is 5.56 Å². The number of pyridine rings is 1. The van der Waals surface area contributed by atoms with Gasteiger partial charge in [0.1, 0.15) is 27.5 Å². The third-order valence-electron chi connectivity index (χ3n) is 6.45. The van der Waals surface area contributed by atoms with Crippen LogP contribution in [-0.2, 0) is 6.54 Å². The van der Waals surface area contributed by atoms with Gasteiger partial charge in [0.15, 0.2) is 11.3 Å². The molecule has 1 N–H and O–H groups in total. The summed E-state index contributed by atoms with van der Waals surface area (Å²) in [4.78, 5) is 27.7. The Morgan fingerprint density at radius 1 is 0.825 bits per heavy atom. The van der Waals surface area contributed by atoms with Crippen molar-refractivity contribution in [3.05, 3.63) is 129 Å². The summed E-state index contributed by atoms with van der Waals surface area (Å²) in [6.45, 7) is 0.234. The van der Waals surface area contributed by atoms with E-state index in [0.29, 0.717) is 33.0 Å². The molecular weight excluding hydrogens is 526 g/mol. The molecule has 0 bridgehead atoms. The average Bonchev–Trinajstić information content (AvgIpc) is 2.98. The van der Waals surface area contributed by atoms with E-state index in [9.17, 15) is 14.7 Å². The van der Waals surface area contributed by atoms with Gasteiger partial charge in [-0.2, -0.15) is 0 Å². The van der Waals surface area contributed by atoms with Gasteiger partial charge < -0.3 is 23.6 Å². The van der Waals surface area contributed by atoms with E-state index in [0.717, 1.165) is 17.3 Å². The summed E-state index contributed by atoms with van der Waals surface area (Å²) in [6, 6.07) is 31.1. The van der Waals surface area contributed by atoms with Crippen LogP contribution in [0.2, 0.25) is 0 Å². The van der Waals surface area contributed by atoms with Gasteiger partial charge in [-0.05, 0) is 48.0 Å². The molecule has 2 aromatic heterocycles. The van der Waals surface area contributed by atoms with Crippen LogP contribution < -0.4 is 20.7 Å². The van der Waals surface area contributed by atoms with Crippen LogP contribution in [0.25, 0.3) is 21.9 Å². The van der Waals surface area contributed by atoms with Crippen molar-refractivity contribution in [2.45, 2.75) is 16.3 Å². The molecule has 0 aliphatic carbocycles. The van der Waals surface area contributed by atoms with Crippen LogP contribution in [-0.4, -0.2) is 16.8 Å². The molecule has 0 saturated heterocycles. The number of rotatable bonds is 7. The molecule has 8 heteroatoms. The molecule has 0 amide bonds. The molecule has 0 saturated carbocycles. The molecule has 0 unspecified atom stereocenters. The molecule has 0 aliphatic rings. The molecule has 0 spiro atoms. The maximum atomic E-state index is 14.0. The number of benzene rings is 4. The Kier molecular flexibility index (Phi) is 6.76. The fourth-order valence-electron chi connectivity index (χ4n) is 4.55. The number of hydrogen-bond donors (Lipinski definition) is 1. The van der Waals surface area contributed by atoms with E-state index in [1.165, 1.54) is 0 Å². The van der Waals surface area contributed by atoms with Crippen LogP contribution >= 0.6 is 11.8 Å². The Bertz CT molecular complexity index is 1970. The Balaban J connectivity index is 1.57. The molecule has 40 heavy (non-hydrogen) atoms. The van der Waals surface area contributed by atoms with Gasteiger partial charge in [0.05, 0.1) is 19.2 Å². The first kappa shape index (κ1) is 25.3. The van der Waals surface area contributed by atoms with Crippen molar-refractivity contribution in [3.8, 4) is 23.0 Å². The maximum Gasteiger partial charge on any atom is 0.354 e. The molecule has 198 valence electrons. The molecule has 6 aromatic rings. The van der Waals surface area contributed by atoms with E-state index in [-0.39, 0.29) is 22.4 Å². The van der Waals surface area contributed by atoms with Gasteiger partial charge in [-0.15, -0.1) is 0 Å². The molecule has 0 radical (unpaired) electrons. The molecule has 6 rings (SSSR count). The Hall–Kier alpha value is -4.95. The molecule has 2 heterocycles. The van der Waals surface area contributed by atoms with Crippen molar-refractivity contribution in [1.29, 1.82) is 0 Å². The molecule has 4 aromatic carbocycles. The highest BCUT2D eigenvalue weighted by atomic mass is 32.2. The Labute approximate surface area is 232 Å². The van der Waals surface area contributed by atoms with Gasteiger partial charge in [0, 0.05) is 16.3 Å². The number of hydrogen-bond acceptors (Lipinski definition) is 7. The number of aromatic nitrogens is 1. The zero-order chi connectivity index (χ0) is 27.6. The lowest BCUT2D eigenvalue weighted by Crippen LogP contribution is -2.23. The minimum Gasteiger partial charge on any atom is -0.505 e. The molecule has 7 nitrogen and oxygen atoms in total. The van der Waals surface area contributed by atoms with Gasteiger partial charge in [-0.1, -0.05) is 66.4 Å². The van der Waals surface area contributed by atoms with E-state index in [1.54, 1.807) is 54.1 Å². The van der Waals surface area contributed by atoms with E-state index in [1.807, 2.05) is 60.7 Å². The van der Waals surface area contributed by atoms with Crippen molar-refractivity contribution in [3.63, 3.8) is 0 Å². The largest absolute Gasteiger partial charge is 0.505 e. The van der Waals surface area contributed by atoms with E-state index < -0.39 is 16.9 Å². The van der Waals surface area contributed by atoms with Crippen LogP contribution in [0.4, 0.5) is 0 Å². The van der Waals surface area contributed by atoms with Gasteiger partial charge in [0.25, 0.3) is 5.56 Å². The number of fused-ring (bicyclic) bond motifs is 3. The van der Waals surface area contributed by atoms with Crippen LogP contribution in [0.5, 0.6) is 23.0 Å². The van der Waals surface area contributed by atoms with E-state index in [2.05, 4.69) is 0 Å². The smallest absolute Gasteiger partial charge is 0.354 e. The normalized spacial score (nSPS) is 11.1. The van der Waals surface area contributed by atoms with Crippen molar-refractivity contribution in [2.75, 3.05) is 7.11 Å². The first-order valence-electron chi connectivity index (χ1n) is 12.5. The number of nitrogens with zero attached hydrogens (tertiary/aromatic N) is 1. The number of aromatic hydroxyl groups is 1. The second-order valence-corrected chi connectivity index (χ2v) is 10.1. The van der Waals surface area contributed by atoms with Gasteiger partial charge >= 0.3 is 5.63 Å².